The molecule has 1 atom stereocenters. The number of nitrogens with one attached hydrogen (secondary N) is 1. The van der Waals surface area contributed by atoms with Gasteiger partial charge in [-0.1, -0.05) is 48.5 Å². The van der Waals surface area contributed by atoms with Gasteiger partial charge in [-0.15, -0.1) is 4.73 Å². The minimum absolute atomic E-state index is 0.182. The molecule has 3 rings (SSSR count). The molecule has 1 aromatic heterocycles. The van der Waals surface area contributed by atoms with Gasteiger partial charge in [-0.2, -0.15) is 0 Å². The second kappa shape index (κ2) is 8.09. The number of amides is 1. The number of aromatic nitrogens is 1. The second-order valence-electron chi connectivity index (χ2n) is 5.84. The summed E-state index contributed by atoms with van der Waals surface area (Å²) >= 11 is 0. The molecular weight excluding hydrogens is 348 g/mol. The SMILES string of the molecule is O=C(N[C@@H](Cc1ccccc1)C(=O)On1c(O)ccc1O)c1ccccc1. The van der Waals surface area contributed by atoms with Crippen LogP contribution in [0.2, 0.25) is 0 Å². The highest BCUT2D eigenvalue weighted by Crippen LogP contribution is 2.19. The van der Waals surface area contributed by atoms with Gasteiger partial charge in [0.1, 0.15) is 6.04 Å². The van der Waals surface area contributed by atoms with E-state index >= 15 is 0 Å². The van der Waals surface area contributed by atoms with Crippen molar-refractivity contribution in [2.24, 2.45) is 0 Å². The van der Waals surface area contributed by atoms with Crippen LogP contribution in [0.4, 0.5) is 0 Å². The first-order valence-electron chi connectivity index (χ1n) is 8.26. The zero-order valence-electron chi connectivity index (χ0n) is 14.3. The lowest BCUT2D eigenvalue weighted by atomic mass is 10.1. The molecule has 0 bridgehead atoms. The largest absolute Gasteiger partial charge is 0.492 e. The van der Waals surface area contributed by atoms with E-state index in [-0.39, 0.29) is 6.42 Å². The Morgan fingerprint density at radius 3 is 2.04 bits per heavy atom. The van der Waals surface area contributed by atoms with Gasteiger partial charge >= 0.3 is 5.97 Å². The lowest BCUT2D eigenvalue weighted by Crippen LogP contribution is -2.46. The fourth-order valence-electron chi connectivity index (χ4n) is 2.52. The fraction of sp³-hybridized carbons (Fsp3) is 0.100. The molecule has 7 heteroatoms. The number of carbonyl (C=O) groups excluding carboxylic acids is 2. The van der Waals surface area contributed by atoms with Crippen molar-refractivity contribution in [1.82, 2.24) is 10.0 Å². The molecule has 0 saturated carbocycles. The number of hydrogen-bond acceptors (Lipinski definition) is 5. The van der Waals surface area contributed by atoms with Gasteiger partial charge in [-0.3, -0.25) is 4.79 Å². The molecule has 0 aliphatic heterocycles. The molecule has 3 N–H and O–H groups in total. The zero-order valence-corrected chi connectivity index (χ0v) is 14.3. The van der Waals surface area contributed by atoms with Crippen molar-refractivity contribution in [1.29, 1.82) is 0 Å². The smallest absolute Gasteiger partial charge is 0.355 e. The first kappa shape index (κ1) is 18.1. The number of rotatable bonds is 6. The predicted octanol–water partition coefficient (Wildman–Crippen LogP) is 1.90. The Morgan fingerprint density at radius 2 is 1.44 bits per heavy atom. The van der Waals surface area contributed by atoms with Crippen molar-refractivity contribution in [3.8, 4) is 11.8 Å². The average molecular weight is 366 g/mol. The Hall–Kier alpha value is -3.74. The maximum atomic E-state index is 12.6. The highest BCUT2D eigenvalue weighted by atomic mass is 16.7. The van der Waals surface area contributed by atoms with Crippen molar-refractivity contribution in [3.05, 3.63) is 83.9 Å². The Labute approximate surface area is 155 Å². The van der Waals surface area contributed by atoms with Gasteiger partial charge in [-0.25, -0.2) is 4.79 Å². The second-order valence-corrected chi connectivity index (χ2v) is 5.84. The highest BCUT2D eigenvalue weighted by Gasteiger charge is 2.26. The van der Waals surface area contributed by atoms with E-state index in [0.717, 1.165) is 5.56 Å². The van der Waals surface area contributed by atoms with E-state index in [4.69, 9.17) is 4.84 Å². The summed E-state index contributed by atoms with van der Waals surface area (Å²) < 4.78 is 0.592. The molecule has 0 unspecified atom stereocenters. The molecule has 0 radical (unpaired) electrons. The first-order chi connectivity index (χ1) is 13.0. The maximum Gasteiger partial charge on any atom is 0.355 e. The van der Waals surface area contributed by atoms with E-state index < -0.39 is 29.7 Å². The van der Waals surface area contributed by atoms with Crippen LogP contribution in [0.25, 0.3) is 0 Å². The molecule has 7 nitrogen and oxygen atoms in total. The minimum Gasteiger partial charge on any atom is -0.492 e. The Balaban J connectivity index is 1.80. The predicted molar refractivity (Wildman–Crippen MR) is 97.2 cm³/mol. The van der Waals surface area contributed by atoms with Crippen LogP contribution in [0.3, 0.4) is 0 Å². The molecule has 1 heterocycles. The average Bonchev–Trinajstić information content (AvgIpc) is 3.01. The summed E-state index contributed by atoms with van der Waals surface area (Å²) in [6.45, 7) is 0. The Kier molecular flexibility index (Phi) is 5.41. The topological polar surface area (TPSA) is 101 Å². The molecule has 1 amide bonds. The van der Waals surface area contributed by atoms with E-state index in [1.54, 1.807) is 30.3 Å². The van der Waals surface area contributed by atoms with Gasteiger partial charge in [0.15, 0.2) is 0 Å². The molecule has 138 valence electrons. The fourth-order valence-corrected chi connectivity index (χ4v) is 2.52. The molecule has 2 aromatic carbocycles. The molecule has 27 heavy (non-hydrogen) atoms. The van der Waals surface area contributed by atoms with E-state index in [1.807, 2.05) is 30.3 Å². The highest BCUT2D eigenvalue weighted by molar-refractivity contribution is 5.96. The summed E-state index contributed by atoms with van der Waals surface area (Å²) in [7, 11) is 0. The Morgan fingerprint density at radius 1 is 0.889 bits per heavy atom. The van der Waals surface area contributed by atoms with E-state index in [0.29, 0.717) is 10.3 Å². The van der Waals surface area contributed by atoms with Crippen molar-refractivity contribution in [2.75, 3.05) is 0 Å². The third-order valence-corrected chi connectivity index (χ3v) is 3.89. The maximum absolute atomic E-state index is 12.6. The molecule has 0 fully saturated rings. The third-order valence-electron chi connectivity index (χ3n) is 3.89. The van der Waals surface area contributed by atoms with Crippen molar-refractivity contribution >= 4 is 11.9 Å². The molecule has 0 aliphatic carbocycles. The number of carbonyl (C=O) groups is 2. The summed E-state index contributed by atoms with van der Waals surface area (Å²) in [5.41, 5.74) is 1.21. The summed E-state index contributed by atoms with van der Waals surface area (Å²) in [5, 5.41) is 21.9. The summed E-state index contributed by atoms with van der Waals surface area (Å²) in [6.07, 6.45) is 0.182. The van der Waals surface area contributed by atoms with E-state index in [2.05, 4.69) is 5.32 Å². The van der Waals surface area contributed by atoms with Crippen LogP contribution < -0.4 is 10.2 Å². The van der Waals surface area contributed by atoms with Crippen LogP contribution >= 0.6 is 0 Å². The lowest BCUT2D eigenvalue weighted by molar-refractivity contribution is -0.147. The molecule has 0 spiro atoms. The minimum atomic E-state index is -1.03. The molecule has 3 aromatic rings. The lowest BCUT2D eigenvalue weighted by Gasteiger charge is -2.18. The number of aromatic hydroxyl groups is 2. The van der Waals surface area contributed by atoms with Crippen LogP contribution in [0, 0.1) is 0 Å². The van der Waals surface area contributed by atoms with Gasteiger partial charge in [0, 0.05) is 24.1 Å². The number of benzene rings is 2. The van der Waals surface area contributed by atoms with Crippen LogP contribution in [-0.4, -0.2) is 32.9 Å². The third kappa shape index (κ3) is 4.46. The molecule has 0 aliphatic rings. The van der Waals surface area contributed by atoms with Gasteiger partial charge in [-0.05, 0) is 17.7 Å². The van der Waals surface area contributed by atoms with Gasteiger partial charge in [0.25, 0.3) is 5.91 Å². The molecular formula is C20H18N2O5. The number of hydrogen-bond donors (Lipinski definition) is 3. The van der Waals surface area contributed by atoms with Crippen LogP contribution in [0.1, 0.15) is 15.9 Å². The number of nitrogens with zero attached hydrogens (tertiary/aromatic N) is 1. The quantitative estimate of drug-likeness (QED) is 0.619. The summed E-state index contributed by atoms with van der Waals surface area (Å²) in [5.74, 6) is -2.14. The monoisotopic (exact) mass is 366 g/mol. The van der Waals surface area contributed by atoms with Crippen LogP contribution in [0.15, 0.2) is 72.8 Å². The van der Waals surface area contributed by atoms with Crippen LogP contribution in [0.5, 0.6) is 11.8 Å². The molecule has 0 saturated heterocycles. The normalized spacial score (nSPS) is 11.6. The van der Waals surface area contributed by atoms with Crippen molar-refractivity contribution < 1.29 is 24.6 Å². The first-order valence-corrected chi connectivity index (χ1v) is 8.26. The van der Waals surface area contributed by atoms with Gasteiger partial charge < -0.3 is 20.4 Å². The van der Waals surface area contributed by atoms with Crippen LogP contribution in [-0.2, 0) is 11.2 Å². The van der Waals surface area contributed by atoms with E-state index in [1.165, 1.54) is 12.1 Å². The Bertz CT molecular complexity index is 903. The van der Waals surface area contributed by atoms with Gasteiger partial charge in [0.05, 0.1) is 0 Å². The zero-order chi connectivity index (χ0) is 19.2. The van der Waals surface area contributed by atoms with Crippen molar-refractivity contribution in [2.45, 2.75) is 12.5 Å². The van der Waals surface area contributed by atoms with E-state index in [9.17, 15) is 19.8 Å². The standard InChI is InChI=1S/C20H18N2O5/c23-17-11-12-18(24)22(17)27-20(26)16(13-14-7-3-1-4-8-14)21-19(25)15-9-5-2-6-10-15/h1-12,16,23-24H,13H2,(H,21,25)/t16-/m0/s1. The summed E-state index contributed by atoms with van der Waals surface area (Å²) in [4.78, 5) is 30.1. The summed E-state index contributed by atoms with van der Waals surface area (Å²) in [6, 6.07) is 18.9. The van der Waals surface area contributed by atoms with Crippen molar-refractivity contribution in [3.63, 3.8) is 0 Å². The van der Waals surface area contributed by atoms with Gasteiger partial charge in [0.2, 0.25) is 11.8 Å².